The van der Waals surface area contributed by atoms with Crippen molar-refractivity contribution >= 4 is 46.4 Å². The third-order valence-corrected chi connectivity index (χ3v) is 3.11. The van der Waals surface area contributed by atoms with Gasteiger partial charge in [0.05, 0.1) is 10.0 Å². The van der Waals surface area contributed by atoms with Gasteiger partial charge in [-0.1, -0.05) is 23.2 Å². The molecule has 1 heterocycles. The van der Waals surface area contributed by atoms with E-state index in [-0.39, 0.29) is 10.9 Å². The standard InChI is InChI=1S/C12H8Cl2N2O2S/c13-7-2-1-6(5-8(7)14)9-3-4-10(18-9)11(17)16-12(15)19/h1-5H,(H3,15,16,17,19). The molecule has 0 saturated heterocycles. The molecule has 2 rings (SSSR count). The number of halogens is 2. The van der Waals surface area contributed by atoms with Gasteiger partial charge in [-0.25, -0.2) is 0 Å². The smallest absolute Gasteiger partial charge is 0.293 e. The third-order valence-electron chi connectivity index (χ3n) is 2.27. The summed E-state index contributed by atoms with van der Waals surface area (Å²) >= 11 is 16.3. The maximum absolute atomic E-state index is 11.6. The molecule has 0 saturated carbocycles. The number of carbonyl (C=O) groups excluding carboxylic acids is 1. The molecular weight excluding hydrogens is 307 g/mol. The van der Waals surface area contributed by atoms with Gasteiger partial charge in [0.15, 0.2) is 10.9 Å². The summed E-state index contributed by atoms with van der Waals surface area (Å²) in [5.41, 5.74) is 5.92. The van der Waals surface area contributed by atoms with E-state index >= 15 is 0 Å². The molecule has 0 aliphatic carbocycles. The fourth-order valence-corrected chi connectivity index (χ4v) is 1.83. The molecule has 1 aromatic heterocycles. The van der Waals surface area contributed by atoms with Gasteiger partial charge >= 0.3 is 0 Å². The van der Waals surface area contributed by atoms with Crippen LogP contribution in [0.5, 0.6) is 0 Å². The van der Waals surface area contributed by atoms with Gasteiger partial charge in [-0.15, -0.1) is 0 Å². The average Bonchev–Trinajstić information content (AvgIpc) is 2.81. The Balaban J connectivity index is 2.27. The van der Waals surface area contributed by atoms with Crippen LogP contribution < -0.4 is 11.1 Å². The fourth-order valence-electron chi connectivity index (χ4n) is 1.44. The van der Waals surface area contributed by atoms with E-state index < -0.39 is 5.91 Å². The zero-order chi connectivity index (χ0) is 14.0. The number of thiocarbonyl (C=S) groups is 1. The number of rotatable bonds is 2. The third kappa shape index (κ3) is 3.26. The predicted octanol–water partition coefficient (Wildman–Crippen LogP) is 3.23. The Labute approximate surface area is 124 Å². The summed E-state index contributed by atoms with van der Waals surface area (Å²) in [6, 6.07) is 8.20. The lowest BCUT2D eigenvalue weighted by Gasteiger charge is -2.01. The van der Waals surface area contributed by atoms with Crippen molar-refractivity contribution in [3.8, 4) is 11.3 Å². The van der Waals surface area contributed by atoms with Crippen LogP contribution in [-0.4, -0.2) is 11.0 Å². The van der Waals surface area contributed by atoms with Crippen LogP contribution in [0.1, 0.15) is 10.6 Å². The Hall–Kier alpha value is -1.56. The van der Waals surface area contributed by atoms with Crippen molar-refractivity contribution in [1.82, 2.24) is 5.32 Å². The molecule has 0 bridgehead atoms. The topological polar surface area (TPSA) is 68.3 Å². The predicted molar refractivity (Wildman–Crippen MR) is 78.4 cm³/mol. The van der Waals surface area contributed by atoms with Crippen molar-refractivity contribution in [2.24, 2.45) is 5.73 Å². The molecule has 0 unspecified atom stereocenters. The summed E-state index contributed by atoms with van der Waals surface area (Å²) in [5.74, 6) is 0.0966. The number of carbonyl (C=O) groups is 1. The maximum Gasteiger partial charge on any atom is 0.293 e. The van der Waals surface area contributed by atoms with E-state index in [4.69, 9.17) is 33.4 Å². The molecule has 0 spiro atoms. The van der Waals surface area contributed by atoms with Crippen LogP contribution in [0.25, 0.3) is 11.3 Å². The zero-order valence-corrected chi connectivity index (χ0v) is 11.8. The summed E-state index contributed by atoms with van der Waals surface area (Å²) in [6.07, 6.45) is 0. The molecule has 1 amide bonds. The molecule has 7 heteroatoms. The van der Waals surface area contributed by atoms with Gasteiger partial charge < -0.3 is 10.2 Å². The zero-order valence-electron chi connectivity index (χ0n) is 9.44. The Morgan fingerprint density at radius 2 is 1.95 bits per heavy atom. The molecule has 1 aromatic carbocycles. The molecule has 0 fully saturated rings. The Morgan fingerprint density at radius 1 is 1.21 bits per heavy atom. The van der Waals surface area contributed by atoms with E-state index in [9.17, 15) is 4.79 Å². The lowest BCUT2D eigenvalue weighted by molar-refractivity contribution is 0.0951. The van der Waals surface area contributed by atoms with Gasteiger partial charge in [0, 0.05) is 5.56 Å². The summed E-state index contributed by atoms with van der Waals surface area (Å²) in [6.45, 7) is 0. The number of amides is 1. The van der Waals surface area contributed by atoms with Crippen molar-refractivity contribution in [2.45, 2.75) is 0 Å². The van der Waals surface area contributed by atoms with Crippen LogP contribution in [0.15, 0.2) is 34.7 Å². The van der Waals surface area contributed by atoms with Crippen molar-refractivity contribution in [2.75, 3.05) is 0 Å². The summed E-state index contributed by atoms with van der Waals surface area (Å²) in [7, 11) is 0. The minimum absolute atomic E-state index is 0.105. The highest BCUT2D eigenvalue weighted by molar-refractivity contribution is 7.80. The van der Waals surface area contributed by atoms with Crippen LogP contribution in [0.2, 0.25) is 10.0 Å². The highest BCUT2D eigenvalue weighted by Crippen LogP contribution is 2.29. The van der Waals surface area contributed by atoms with Gasteiger partial charge in [-0.05, 0) is 42.5 Å². The molecule has 2 aromatic rings. The Kier molecular flexibility index (Phi) is 4.09. The van der Waals surface area contributed by atoms with Gasteiger partial charge in [0.2, 0.25) is 0 Å². The molecule has 4 nitrogen and oxygen atoms in total. The van der Waals surface area contributed by atoms with Crippen LogP contribution in [0, 0.1) is 0 Å². The van der Waals surface area contributed by atoms with Crippen LogP contribution >= 0.6 is 35.4 Å². The first-order valence-corrected chi connectivity index (χ1v) is 6.30. The Morgan fingerprint density at radius 3 is 2.58 bits per heavy atom. The van der Waals surface area contributed by atoms with E-state index in [2.05, 4.69) is 17.5 Å². The van der Waals surface area contributed by atoms with Crippen molar-refractivity contribution in [3.05, 3.63) is 46.1 Å². The number of benzene rings is 1. The van der Waals surface area contributed by atoms with Crippen molar-refractivity contribution < 1.29 is 9.21 Å². The molecule has 3 N–H and O–H groups in total. The van der Waals surface area contributed by atoms with Gasteiger partial charge in [-0.3, -0.25) is 10.1 Å². The van der Waals surface area contributed by atoms with Gasteiger partial charge in [0.25, 0.3) is 5.91 Å². The molecular formula is C12H8Cl2N2O2S. The molecule has 98 valence electrons. The van der Waals surface area contributed by atoms with Crippen molar-refractivity contribution in [3.63, 3.8) is 0 Å². The van der Waals surface area contributed by atoms with E-state index in [0.29, 0.717) is 21.4 Å². The molecule has 0 aliphatic rings. The quantitative estimate of drug-likeness (QED) is 0.835. The second-order valence-corrected chi connectivity index (χ2v) is 4.87. The van der Waals surface area contributed by atoms with Crippen LogP contribution in [0.4, 0.5) is 0 Å². The highest BCUT2D eigenvalue weighted by atomic mass is 35.5. The molecule has 0 atom stereocenters. The van der Waals surface area contributed by atoms with Crippen LogP contribution in [-0.2, 0) is 0 Å². The van der Waals surface area contributed by atoms with Gasteiger partial charge in [0.1, 0.15) is 5.76 Å². The Bertz CT molecular complexity index is 655. The monoisotopic (exact) mass is 314 g/mol. The SMILES string of the molecule is NC(=S)NC(=O)c1ccc(-c2ccc(Cl)c(Cl)c2)o1. The second-order valence-electron chi connectivity index (χ2n) is 3.61. The first-order valence-electron chi connectivity index (χ1n) is 5.13. The lowest BCUT2D eigenvalue weighted by Crippen LogP contribution is -2.34. The summed E-state index contributed by atoms with van der Waals surface area (Å²) < 4.78 is 5.40. The largest absolute Gasteiger partial charge is 0.451 e. The van der Waals surface area contributed by atoms with E-state index in [1.54, 1.807) is 24.3 Å². The lowest BCUT2D eigenvalue weighted by atomic mass is 10.2. The number of hydrogen-bond donors (Lipinski definition) is 2. The number of hydrogen-bond acceptors (Lipinski definition) is 3. The van der Waals surface area contributed by atoms with Gasteiger partial charge in [-0.2, -0.15) is 0 Å². The average molecular weight is 315 g/mol. The first-order chi connectivity index (χ1) is 8.97. The molecule has 0 radical (unpaired) electrons. The van der Waals surface area contributed by atoms with Crippen LogP contribution in [0.3, 0.4) is 0 Å². The van der Waals surface area contributed by atoms with Crippen molar-refractivity contribution in [1.29, 1.82) is 0 Å². The number of nitrogens with one attached hydrogen (secondary N) is 1. The maximum atomic E-state index is 11.6. The highest BCUT2D eigenvalue weighted by Gasteiger charge is 2.13. The number of nitrogens with two attached hydrogens (primary N) is 1. The van der Waals surface area contributed by atoms with E-state index in [1.165, 1.54) is 6.07 Å². The van der Waals surface area contributed by atoms with E-state index in [1.807, 2.05) is 0 Å². The van der Waals surface area contributed by atoms with E-state index in [0.717, 1.165) is 0 Å². The first kappa shape index (κ1) is 13.9. The normalized spacial score (nSPS) is 10.2. The molecule has 0 aliphatic heterocycles. The second kappa shape index (κ2) is 5.61. The number of furan rings is 1. The summed E-state index contributed by atoms with van der Waals surface area (Å²) in [5, 5.41) is 3.02. The minimum atomic E-state index is -0.501. The summed E-state index contributed by atoms with van der Waals surface area (Å²) in [4.78, 5) is 11.6. The minimum Gasteiger partial charge on any atom is -0.451 e. The fraction of sp³-hybridized carbons (Fsp3) is 0. The molecule has 19 heavy (non-hydrogen) atoms.